The van der Waals surface area contributed by atoms with E-state index in [4.69, 9.17) is 13.8 Å². The number of rotatable bonds is 11. The number of fused-ring (bicyclic) bond motifs is 5. The standard InChI is InChI=1S/C33H53O9P/c1-19(2)7-6-8-20(3)24-11-12-25-23-10-9-21-17-22(13-15-32(21,4)26(23)14-16-33(24,25)5)41-43(38,39)42-30-28(36)31(37)40-29(30)27(35)18-34/h9,19-20,22-27,29,34-36H,6-8,10-18H2,1-5H3,(H,38,39)/t20-,22?,23?,24-,25?,26?,27+,29-,32+,33-/m1/s1. The number of cyclic esters (lactones) is 1. The van der Waals surface area contributed by atoms with Crippen LogP contribution in [0.25, 0.3) is 0 Å². The van der Waals surface area contributed by atoms with Crippen molar-refractivity contribution in [2.24, 2.45) is 46.3 Å². The van der Waals surface area contributed by atoms with Crippen molar-refractivity contribution in [3.8, 4) is 0 Å². The van der Waals surface area contributed by atoms with Crippen LogP contribution < -0.4 is 0 Å². The Morgan fingerprint density at radius 1 is 1.09 bits per heavy atom. The van der Waals surface area contributed by atoms with Gasteiger partial charge in [0.05, 0.1) is 12.7 Å². The fourth-order valence-electron chi connectivity index (χ4n) is 9.98. The van der Waals surface area contributed by atoms with Crippen LogP contribution >= 0.6 is 7.82 Å². The highest BCUT2D eigenvalue weighted by molar-refractivity contribution is 7.47. The molecule has 0 spiro atoms. The Kier molecular flexibility index (Phi) is 9.54. The van der Waals surface area contributed by atoms with Crippen molar-refractivity contribution in [1.29, 1.82) is 0 Å². The van der Waals surface area contributed by atoms with Crippen LogP contribution in [0.2, 0.25) is 0 Å². The van der Waals surface area contributed by atoms with Crippen molar-refractivity contribution >= 4 is 13.8 Å². The molecule has 5 unspecified atom stereocenters. The summed E-state index contributed by atoms with van der Waals surface area (Å²) in [5.41, 5.74) is 1.74. The summed E-state index contributed by atoms with van der Waals surface area (Å²) in [4.78, 5) is 22.3. The Balaban J connectivity index is 1.24. The molecule has 4 N–H and O–H groups in total. The van der Waals surface area contributed by atoms with E-state index in [1.54, 1.807) is 0 Å². The molecule has 11 atom stereocenters. The predicted molar refractivity (Wildman–Crippen MR) is 161 cm³/mol. The van der Waals surface area contributed by atoms with E-state index in [9.17, 15) is 29.6 Å². The van der Waals surface area contributed by atoms with Crippen LogP contribution in [-0.2, 0) is 23.1 Å². The third kappa shape index (κ3) is 6.23. The molecule has 0 radical (unpaired) electrons. The highest BCUT2D eigenvalue weighted by Crippen LogP contribution is 2.68. The molecule has 5 aliphatic rings. The second-order valence-electron chi connectivity index (χ2n) is 15.1. The van der Waals surface area contributed by atoms with Gasteiger partial charge in [-0.15, -0.1) is 0 Å². The molecule has 0 saturated heterocycles. The van der Waals surface area contributed by atoms with Crippen molar-refractivity contribution in [3.05, 3.63) is 23.2 Å². The number of esters is 1. The van der Waals surface area contributed by atoms with Crippen LogP contribution in [-0.4, -0.2) is 51.1 Å². The van der Waals surface area contributed by atoms with Gasteiger partial charge < -0.3 is 24.6 Å². The maximum Gasteiger partial charge on any atom is 0.527 e. The molecule has 10 heteroatoms. The molecule has 0 aromatic rings. The molecule has 0 amide bonds. The van der Waals surface area contributed by atoms with E-state index in [1.165, 1.54) is 50.5 Å². The number of allylic oxidation sites excluding steroid dienone is 1. The van der Waals surface area contributed by atoms with Gasteiger partial charge in [-0.2, -0.15) is 0 Å². The van der Waals surface area contributed by atoms with Gasteiger partial charge in [-0.1, -0.05) is 65.5 Å². The molecule has 4 aliphatic carbocycles. The van der Waals surface area contributed by atoms with Crippen LogP contribution in [0, 0.1) is 46.3 Å². The minimum absolute atomic E-state index is 0.0359. The lowest BCUT2D eigenvalue weighted by atomic mass is 9.47. The summed E-state index contributed by atoms with van der Waals surface area (Å²) in [6.07, 6.45) is 10.8. The van der Waals surface area contributed by atoms with Crippen LogP contribution in [0.15, 0.2) is 23.2 Å². The third-order valence-corrected chi connectivity index (χ3v) is 13.2. The smallest absolute Gasteiger partial charge is 0.499 e. The molecule has 1 aliphatic heterocycles. The van der Waals surface area contributed by atoms with Gasteiger partial charge in [-0.3, -0.25) is 9.42 Å². The van der Waals surface area contributed by atoms with Crippen molar-refractivity contribution in [3.63, 3.8) is 0 Å². The van der Waals surface area contributed by atoms with Crippen LogP contribution in [0.1, 0.15) is 105 Å². The van der Waals surface area contributed by atoms with Gasteiger partial charge >= 0.3 is 13.8 Å². The maximum absolute atomic E-state index is 13.0. The number of carbonyl (C=O) groups excluding carboxylic acids is 1. The highest BCUT2D eigenvalue weighted by atomic mass is 31.2. The van der Waals surface area contributed by atoms with Gasteiger partial charge in [0.2, 0.25) is 11.5 Å². The number of phosphoric acid groups is 1. The van der Waals surface area contributed by atoms with E-state index in [0.29, 0.717) is 30.1 Å². The normalized spacial score (nSPS) is 40.2. The second kappa shape index (κ2) is 12.4. The average molecular weight is 625 g/mol. The minimum atomic E-state index is -4.78. The van der Waals surface area contributed by atoms with Gasteiger partial charge in [0, 0.05) is 0 Å². The van der Waals surface area contributed by atoms with E-state index < -0.39 is 50.2 Å². The Morgan fingerprint density at radius 2 is 1.84 bits per heavy atom. The van der Waals surface area contributed by atoms with E-state index in [2.05, 4.69) is 40.7 Å². The highest BCUT2D eigenvalue weighted by Gasteiger charge is 2.59. The molecule has 3 saturated carbocycles. The number of hydrogen-bond acceptors (Lipinski definition) is 8. The van der Waals surface area contributed by atoms with Crippen molar-refractivity contribution in [2.45, 2.75) is 124 Å². The first-order valence-electron chi connectivity index (χ1n) is 16.5. The fraction of sp³-hybridized carbons (Fsp3) is 0.848. The molecule has 43 heavy (non-hydrogen) atoms. The topological polar surface area (TPSA) is 143 Å². The summed E-state index contributed by atoms with van der Waals surface area (Å²) in [5.74, 6) is 1.44. The molecule has 0 aromatic carbocycles. The molecule has 1 heterocycles. The molecule has 9 nitrogen and oxygen atoms in total. The minimum Gasteiger partial charge on any atom is -0.499 e. The summed E-state index contributed by atoms with van der Waals surface area (Å²) in [6, 6.07) is 0. The molecular formula is C33H53O9P. The zero-order valence-electron chi connectivity index (χ0n) is 26.5. The summed E-state index contributed by atoms with van der Waals surface area (Å²) >= 11 is 0. The van der Waals surface area contributed by atoms with Crippen LogP contribution in [0.3, 0.4) is 0 Å². The Labute approximate surface area is 256 Å². The number of carbonyl (C=O) groups is 1. The Morgan fingerprint density at radius 3 is 2.53 bits per heavy atom. The predicted octanol–water partition coefficient (Wildman–Crippen LogP) is 6.58. The summed E-state index contributed by atoms with van der Waals surface area (Å²) in [6.45, 7) is 11.3. The fourth-order valence-corrected chi connectivity index (χ4v) is 11.0. The SMILES string of the molecule is CC(C)CCC[C@@H](C)[C@H]1CCC2C3CC=C4CC(OP(=O)(O)OC5=C(O)C(=O)O[C@@H]5[C@@H](O)CO)CC[C@]4(C)C3CC[C@@]21C. The molecule has 0 bridgehead atoms. The first kappa shape index (κ1) is 33.0. The lowest BCUT2D eigenvalue weighted by Gasteiger charge is -2.58. The first-order valence-corrected chi connectivity index (χ1v) is 18.0. The zero-order valence-corrected chi connectivity index (χ0v) is 27.4. The largest absolute Gasteiger partial charge is 0.527 e. The first-order chi connectivity index (χ1) is 20.2. The van der Waals surface area contributed by atoms with Crippen LogP contribution in [0.4, 0.5) is 0 Å². The molecule has 3 fully saturated rings. The summed E-state index contributed by atoms with van der Waals surface area (Å²) in [5, 5.41) is 29.2. The van der Waals surface area contributed by atoms with E-state index in [1.807, 2.05) is 0 Å². The van der Waals surface area contributed by atoms with E-state index in [0.717, 1.165) is 36.5 Å². The Hall–Kier alpha value is -1.38. The van der Waals surface area contributed by atoms with Gasteiger partial charge in [-0.25, -0.2) is 9.36 Å². The van der Waals surface area contributed by atoms with Gasteiger partial charge in [-0.05, 0) is 97.7 Å². The van der Waals surface area contributed by atoms with Crippen molar-refractivity contribution < 1.29 is 43.4 Å². The van der Waals surface area contributed by atoms with E-state index >= 15 is 0 Å². The van der Waals surface area contributed by atoms with Gasteiger partial charge in [0.15, 0.2) is 6.10 Å². The Bertz CT molecular complexity index is 1170. The average Bonchev–Trinajstić information content (AvgIpc) is 3.43. The summed E-state index contributed by atoms with van der Waals surface area (Å²) in [7, 11) is -4.78. The quantitative estimate of drug-likeness (QED) is 0.114. The number of aliphatic hydroxyl groups excluding tert-OH is 3. The lowest BCUT2D eigenvalue weighted by Crippen LogP contribution is -2.51. The molecule has 5 rings (SSSR count). The monoisotopic (exact) mass is 624 g/mol. The summed E-state index contributed by atoms with van der Waals surface area (Å²) < 4.78 is 28.4. The van der Waals surface area contributed by atoms with Crippen LogP contribution in [0.5, 0.6) is 0 Å². The number of ether oxygens (including phenoxy) is 1. The molecular weight excluding hydrogens is 571 g/mol. The second-order valence-corrected chi connectivity index (χ2v) is 16.4. The van der Waals surface area contributed by atoms with Gasteiger partial charge in [0.1, 0.15) is 6.10 Å². The van der Waals surface area contributed by atoms with Gasteiger partial charge in [0.25, 0.3) is 0 Å². The number of hydrogen-bond donors (Lipinski definition) is 4. The van der Waals surface area contributed by atoms with Crippen molar-refractivity contribution in [1.82, 2.24) is 0 Å². The molecule has 0 aromatic heterocycles. The van der Waals surface area contributed by atoms with Crippen molar-refractivity contribution in [2.75, 3.05) is 6.61 Å². The lowest BCUT2D eigenvalue weighted by molar-refractivity contribution is -0.147. The maximum atomic E-state index is 13.0. The third-order valence-electron chi connectivity index (χ3n) is 12.2. The number of phosphoric ester groups is 1. The zero-order chi connectivity index (χ0) is 31.3. The van der Waals surface area contributed by atoms with E-state index in [-0.39, 0.29) is 5.41 Å². The molecule has 244 valence electrons. The number of aliphatic hydroxyl groups is 3.